The van der Waals surface area contributed by atoms with Crippen LogP contribution in [0.15, 0.2) is 42.5 Å². The molecule has 2 rings (SSSR count). The van der Waals surface area contributed by atoms with E-state index in [2.05, 4.69) is 6.92 Å². The second-order valence-corrected chi connectivity index (χ2v) is 5.75. The second kappa shape index (κ2) is 9.28. The van der Waals surface area contributed by atoms with Gasteiger partial charge in [-0.25, -0.2) is 4.39 Å². The summed E-state index contributed by atoms with van der Waals surface area (Å²) in [6, 6.07) is 12.6. The van der Waals surface area contributed by atoms with Gasteiger partial charge in [-0.05, 0) is 61.7 Å². The molecule has 0 saturated heterocycles. The van der Waals surface area contributed by atoms with Crippen LogP contribution in [0.4, 0.5) is 4.39 Å². The first-order valence-corrected chi connectivity index (χ1v) is 8.52. The Labute approximate surface area is 143 Å². The Morgan fingerprint density at radius 2 is 1.88 bits per heavy atom. The molecule has 2 aromatic carbocycles. The molecule has 0 aromatic heterocycles. The monoisotopic (exact) mass is 331 g/mol. The van der Waals surface area contributed by atoms with Crippen LogP contribution in [0.25, 0.3) is 0 Å². The zero-order chi connectivity index (χ0) is 17.4. The molecule has 4 heteroatoms. The number of ether oxygens (including phenoxy) is 2. The molecule has 0 bridgehead atoms. The van der Waals surface area contributed by atoms with Gasteiger partial charge in [0, 0.05) is 5.92 Å². The van der Waals surface area contributed by atoms with E-state index in [-0.39, 0.29) is 11.7 Å². The fourth-order valence-electron chi connectivity index (χ4n) is 2.66. The first-order valence-electron chi connectivity index (χ1n) is 8.52. The zero-order valence-electron chi connectivity index (χ0n) is 14.4. The lowest BCUT2D eigenvalue weighted by atomic mass is 9.92. The van der Waals surface area contributed by atoms with Crippen LogP contribution in [-0.4, -0.2) is 19.8 Å². The minimum Gasteiger partial charge on any atom is -0.490 e. The molecule has 0 radical (unpaired) electrons. The van der Waals surface area contributed by atoms with E-state index in [1.165, 1.54) is 6.07 Å². The van der Waals surface area contributed by atoms with Crippen LogP contribution in [0.1, 0.15) is 37.3 Å². The highest BCUT2D eigenvalue weighted by Gasteiger charge is 2.14. The van der Waals surface area contributed by atoms with Crippen LogP contribution < -0.4 is 15.2 Å². The van der Waals surface area contributed by atoms with E-state index >= 15 is 0 Å². The molecule has 1 atom stereocenters. The van der Waals surface area contributed by atoms with Crippen LogP contribution in [0, 0.1) is 5.82 Å². The van der Waals surface area contributed by atoms with E-state index in [0.29, 0.717) is 19.8 Å². The van der Waals surface area contributed by atoms with Gasteiger partial charge in [-0.2, -0.15) is 0 Å². The number of rotatable bonds is 9. The highest BCUT2D eigenvalue weighted by atomic mass is 19.1. The number of benzene rings is 2. The first-order chi connectivity index (χ1) is 11.7. The van der Waals surface area contributed by atoms with Gasteiger partial charge in [-0.15, -0.1) is 0 Å². The third-order valence-corrected chi connectivity index (χ3v) is 3.86. The van der Waals surface area contributed by atoms with E-state index in [1.807, 2.05) is 31.2 Å². The summed E-state index contributed by atoms with van der Waals surface area (Å²) in [5.74, 6) is 1.35. The van der Waals surface area contributed by atoms with Gasteiger partial charge in [0.15, 0.2) is 11.5 Å². The molecular formula is C20H26FNO2. The summed E-state index contributed by atoms with van der Waals surface area (Å²) in [7, 11) is 0. The Bertz CT molecular complexity index is 645. The van der Waals surface area contributed by atoms with E-state index in [0.717, 1.165) is 35.5 Å². The van der Waals surface area contributed by atoms with E-state index < -0.39 is 0 Å². The molecule has 1 unspecified atom stereocenters. The molecular weight excluding hydrogens is 305 g/mol. The van der Waals surface area contributed by atoms with E-state index in [4.69, 9.17) is 15.2 Å². The van der Waals surface area contributed by atoms with Gasteiger partial charge >= 0.3 is 0 Å². The van der Waals surface area contributed by atoms with Crippen molar-refractivity contribution in [2.45, 2.75) is 32.6 Å². The predicted octanol–water partition coefficient (Wildman–Crippen LogP) is 4.30. The number of hydrogen-bond donors (Lipinski definition) is 1. The van der Waals surface area contributed by atoms with Crippen molar-refractivity contribution in [3.63, 3.8) is 0 Å². The predicted molar refractivity (Wildman–Crippen MR) is 95.3 cm³/mol. The molecule has 3 nitrogen and oxygen atoms in total. The zero-order valence-corrected chi connectivity index (χ0v) is 14.4. The normalized spacial score (nSPS) is 12.0. The Morgan fingerprint density at radius 1 is 1.04 bits per heavy atom. The summed E-state index contributed by atoms with van der Waals surface area (Å²) in [4.78, 5) is 0. The molecule has 0 aliphatic rings. The third kappa shape index (κ3) is 4.96. The summed E-state index contributed by atoms with van der Waals surface area (Å²) in [6.45, 7) is 5.72. The molecule has 2 aromatic rings. The van der Waals surface area contributed by atoms with Crippen molar-refractivity contribution in [1.82, 2.24) is 0 Å². The summed E-state index contributed by atoms with van der Waals surface area (Å²) in [5, 5.41) is 0. The highest BCUT2D eigenvalue weighted by molar-refractivity contribution is 5.43. The van der Waals surface area contributed by atoms with Gasteiger partial charge in [0.2, 0.25) is 0 Å². The largest absolute Gasteiger partial charge is 0.490 e. The van der Waals surface area contributed by atoms with Crippen LogP contribution in [0.3, 0.4) is 0 Å². The Morgan fingerprint density at radius 3 is 2.54 bits per heavy atom. The number of nitrogens with two attached hydrogens (primary N) is 1. The molecule has 0 aliphatic carbocycles. The molecule has 0 aliphatic heterocycles. The van der Waals surface area contributed by atoms with Gasteiger partial charge in [0.25, 0.3) is 0 Å². The summed E-state index contributed by atoms with van der Waals surface area (Å²) >= 11 is 0. The highest BCUT2D eigenvalue weighted by Crippen LogP contribution is 2.31. The van der Waals surface area contributed by atoms with Gasteiger partial charge in [-0.3, -0.25) is 0 Å². The van der Waals surface area contributed by atoms with Crippen molar-refractivity contribution in [3.05, 3.63) is 59.4 Å². The van der Waals surface area contributed by atoms with Crippen molar-refractivity contribution in [2.75, 3.05) is 19.8 Å². The molecule has 2 N–H and O–H groups in total. The van der Waals surface area contributed by atoms with Crippen LogP contribution in [0.5, 0.6) is 11.5 Å². The average molecular weight is 331 g/mol. The summed E-state index contributed by atoms with van der Waals surface area (Å²) in [5.41, 5.74) is 7.93. The van der Waals surface area contributed by atoms with Crippen LogP contribution >= 0.6 is 0 Å². The quantitative estimate of drug-likeness (QED) is 0.745. The maximum absolute atomic E-state index is 13.5. The minimum absolute atomic E-state index is 0.0672. The third-order valence-electron chi connectivity index (χ3n) is 3.86. The van der Waals surface area contributed by atoms with Crippen molar-refractivity contribution in [2.24, 2.45) is 5.73 Å². The minimum atomic E-state index is -0.232. The van der Waals surface area contributed by atoms with Gasteiger partial charge in [-0.1, -0.05) is 25.1 Å². The van der Waals surface area contributed by atoms with Crippen molar-refractivity contribution < 1.29 is 13.9 Å². The Hall–Kier alpha value is -2.07. The maximum atomic E-state index is 13.5. The van der Waals surface area contributed by atoms with E-state index in [9.17, 15) is 4.39 Å². The Kier molecular flexibility index (Phi) is 7.07. The summed E-state index contributed by atoms with van der Waals surface area (Å²) < 4.78 is 24.9. The first kappa shape index (κ1) is 18.3. The molecule has 0 heterocycles. The molecule has 0 saturated carbocycles. The average Bonchev–Trinajstić information content (AvgIpc) is 2.59. The van der Waals surface area contributed by atoms with Crippen molar-refractivity contribution in [3.8, 4) is 11.5 Å². The maximum Gasteiger partial charge on any atom is 0.161 e. The number of hydrogen-bond acceptors (Lipinski definition) is 3. The van der Waals surface area contributed by atoms with E-state index in [1.54, 1.807) is 12.1 Å². The molecule has 24 heavy (non-hydrogen) atoms. The number of halogens is 1. The fraction of sp³-hybridized carbons (Fsp3) is 0.400. The summed E-state index contributed by atoms with van der Waals surface area (Å²) in [6.07, 6.45) is 1.68. The lowest BCUT2D eigenvalue weighted by Crippen LogP contribution is -2.15. The van der Waals surface area contributed by atoms with Crippen LogP contribution in [-0.2, 0) is 6.42 Å². The molecule has 0 amide bonds. The topological polar surface area (TPSA) is 44.5 Å². The molecule has 0 fully saturated rings. The van der Waals surface area contributed by atoms with Crippen molar-refractivity contribution >= 4 is 0 Å². The molecule has 130 valence electrons. The van der Waals surface area contributed by atoms with Gasteiger partial charge < -0.3 is 15.2 Å². The Balaban J connectivity index is 2.19. The SMILES string of the molecule is CCCOc1ccc(CC(CN)c2cccc(F)c2)cc1OCC. The standard InChI is InChI=1S/C20H26FNO2/c1-3-10-24-19-9-8-15(12-20(19)23-4-2)11-17(14-22)16-6-5-7-18(21)13-16/h5-9,12-13,17H,3-4,10-11,14,22H2,1-2H3. The lowest BCUT2D eigenvalue weighted by molar-refractivity contribution is 0.276. The molecule has 0 spiro atoms. The van der Waals surface area contributed by atoms with Crippen LogP contribution in [0.2, 0.25) is 0 Å². The lowest BCUT2D eigenvalue weighted by Gasteiger charge is -2.17. The smallest absolute Gasteiger partial charge is 0.161 e. The second-order valence-electron chi connectivity index (χ2n) is 5.75. The van der Waals surface area contributed by atoms with Crippen molar-refractivity contribution in [1.29, 1.82) is 0 Å². The van der Waals surface area contributed by atoms with Gasteiger partial charge in [0.1, 0.15) is 5.82 Å². The fourth-order valence-corrected chi connectivity index (χ4v) is 2.66. The van der Waals surface area contributed by atoms with Gasteiger partial charge in [0.05, 0.1) is 13.2 Å².